The van der Waals surface area contributed by atoms with Crippen LogP contribution in [0.1, 0.15) is 22.8 Å². The van der Waals surface area contributed by atoms with Gasteiger partial charge in [0.15, 0.2) is 5.75 Å². The number of amides is 1. The summed E-state index contributed by atoms with van der Waals surface area (Å²) < 4.78 is 36.1. The second kappa shape index (κ2) is 11.4. The first-order valence-electron chi connectivity index (χ1n) is 10.4. The minimum atomic E-state index is -4.22. The molecule has 0 bridgehead atoms. The maximum absolute atomic E-state index is 12.7. The Bertz CT molecular complexity index is 1480. The molecule has 0 aliphatic rings. The zero-order valence-electron chi connectivity index (χ0n) is 18.8. The summed E-state index contributed by atoms with van der Waals surface area (Å²) in [6, 6.07) is 17.6. The second-order valence-electron chi connectivity index (χ2n) is 7.09. The number of halogens is 1. The van der Waals surface area contributed by atoms with Gasteiger partial charge in [-0.05, 0) is 55.0 Å². The number of hydrogen-bond acceptors (Lipinski definition) is 7. The molecule has 36 heavy (non-hydrogen) atoms. The number of hydrogen-bond donors (Lipinski definition) is 2. The summed E-state index contributed by atoms with van der Waals surface area (Å²) in [6.07, 6.45) is 1.20. The summed E-state index contributed by atoms with van der Waals surface area (Å²) in [6.45, 7) is 1.81. The smallest absolute Gasteiger partial charge is 0.339 e. The molecule has 0 aromatic heterocycles. The number of aromatic carboxylic acids is 1. The number of nitriles is 1. The molecule has 3 aromatic rings. The quantitative estimate of drug-likeness (QED) is 0.231. The standard InChI is InChI=1S/C25H19ClN2O7S/c1-2-34-22-14-16(13-20(26)23(22)35-36(32,33)18-8-4-3-5-9-18)12-17(15-27)24(29)28-21-11-7-6-10-19(21)25(30)31/h3-14H,2H2,1H3,(H,28,29)(H,30,31). The predicted octanol–water partition coefficient (Wildman–Crippen LogP) is 4.75. The lowest BCUT2D eigenvalue weighted by molar-refractivity contribution is -0.112. The van der Waals surface area contributed by atoms with Gasteiger partial charge in [-0.25, -0.2) is 4.79 Å². The van der Waals surface area contributed by atoms with Gasteiger partial charge >= 0.3 is 16.1 Å². The van der Waals surface area contributed by atoms with Crippen molar-refractivity contribution in [3.05, 3.63) is 88.5 Å². The highest BCUT2D eigenvalue weighted by molar-refractivity contribution is 7.87. The molecule has 0 fully saturated rings. The van der Waals surface area contributed by atoms with Crippen molar-refractivity contribution in [1.29, 1.82) is 5.26 Å². The van der Waals surface area contributed by atoms with E-state index >= 15 is 0 Å². The molecule has 3 rings (SSSR count). The lowest BCUT2D eigenvalue weighted by Crippen LogP contribution is -2.16. The SMILES string of the molecule is CCOc1cc(C=C(C#N)C(=O)Nc2ccccc2C(=O)O)cc(Cl)c1OS(=O)(=O)c1ccccc1. The molecular weight excluding hydrogens is 508 g/mol. The fourth-order valence-corrected chi connectivity index (χ4v) is 4.33. The number of ether oxygens (including phenoxy) is 1. The van der Waals surface area contributed by atoms with Crippen LogP contribution in [0.4, 0.5) is 5.69 Å². The number of nitrogens with one attached hydrogen (secondary N) is 1. The Balaban J connectivity index is 1.96. The molecule has 0 saturated carbocycles. The first kappa shape index (κ1) is 26.3. The van der Waals surface area contributed by atoms with Crippen molar-refractivity contribution in [2.75, 3.05) is 11.9 Å². The minimum absolute atomic E-state index is 0.0130. The molecule has 0 saturated heterocycles. The van der Waals surface area contributed by atoms with Crippen LogP contribution in [0.3, 0.4) is 0 Å². The van der Waals surface area contributed by atoms with Gasteiger partial charge in [0, 0.05) is 0 Å². The fraction of sp³-hybridized carbons (Fsp3) is 0.0800. The predicted molar refractivity (Wildman–Crippen MR) is 132 cm³/mol. The average Bonchev–Trinajstić information content (AvgIpc) is 2.85. The monoisotopic (exact) mass is 526 g/mol. The first-order valence-corrected chi connectivity index (χ1v) is 12.2. The molecule has 2 N–H and O–H groups in total. The van der Waals surface area contributed by atoms with E-state index in [1.54, 1.807) is 31.2 Å². The van der Waals surface area contributed by atoms with Gasteiger partial charge in [-0.1, -0.05) is 41.9 Å². The summed E-state index contributed by atoms with van der Waals surface area (Å²) >= 11 is 6.31. The van der Waals surface area contributed by atoms with Crippen LogP contribution < -0.4 is 14.2 Å². The topological polar surface area (TPSA) is 143 Å². The van der Waals surface area contributed by atoms with Crippen LogP contribution in [0, 0.1) is 11.3 Å². The van der Waals surface area contributed by atoms with Crippen molar-refractivity contribution in [3.63, 3.8) is 0 Å². The molecule has 0 aliphatic carbocycles. The van der Waals surface area contributed by atoms with E-state index in [4.69, 9.17) is 20.5 Å². The largest absolute Gasteiger partial charge is 0.490 e. The Morgan fingerprint density at radius 2 is 1.78 bits per heavy atom. The maximum Gasteiger partial charge on any atom is 0.339 e. The summed E-state index contributed by atoms with van der Waals surface area (Å²) in [4.78, 5) is 24.0. The molecule has 0 unspecified atom stereocenters. The van der Waals surface area contributed by atoms with Gasteiger partial charge in [-0.2, -0.15) is 13.7 Å². The van der Waals surface area contributed by atoms with Crippen molar-refractivity contribution < 1.29 is 32.0 Å². The van der Waals surface area contributed by atoms with E-state index < -0.39 is 22.0 Å². The van der Waals surface area contributed by atoms with Crippen molar-refractivity contribution in [1.82, 2.24) is 0 Å². The number of rotatable bonds is 9. The molecule has 0 aliphatic heterocycles. The third kappa shape index (κ3) is 6.21. The van der Waals surface area contributed by atoms with Gasteiger partial charge in [0.05, 0.1) is 22.9 Å². The Hall–Kier alpha value is -4.33. The average molecular weight is 527 g/mol. The van der Waals surface area contributed by atoms with Crippen LogP contribution >= 0.6 is 11.6 Å². The molecule has 11 heteroatoms. The maximum atomic E-state index is 12.7. The zero-order valence-corrected chi connectivity index (χ0v) is 20.3. The molecule has 0 atom stereocenters. The molecule has 184 valence electrons. The van der Waals surface area contributed by atoms with E-state index in [-0.39, 0.29) is 50.4 Å². The molecule has 9 nitrogen and oxygen atoms in total. The number of benzene rings is 3. The minimum Gasteiger partial charge on any atom is -0.490 e. The third-order valence-electron chi connectivity index (χ3n) is 4.64. The lowest BCUT2D eigenvalue weighted by atomic mass is 10.1. The molecule has 3 aromatic carbocycles. The van der Waals surface area contributed by atoms with Crippen LogP contribution in [-0.2, 0) is 14.9 Å². The summed E-state index contributed by atoms with van der Waals surface area (Å²) in [5.74, 6) is -2.38. The van der Waals surface area contributed by atoms with Crippen LogP contribution in [0.15, 0.2) is 77.2 Å². The van der Waals surface area contributed by atoms with E-state index in [2.05, 4.69) is 5.32 Å². The van der Waals surface area contributed by atoms with Crippen LogP contribution in [0.5, 0.6) is 11.5 Å². The molecule has 0 heterocycles. The molecule has 1 amide bonds. The zero-order chi connectivity index (χ0) is 26.3. The van der Waals surface area contributed by atoms with Gasteiger partial charge in [0.25, 0.3) is 5.91 Å². The highest BCUT2D eigenvalue weighted by Gasteiger charge is 2.23. The summed E-state index contributed by atoms with van der Waals surface area (Å²) in [5.41, 5.74) is -0.254. The third-order valence-corrected chi connectivity index (χ3v) is 6.15. The summed E-state index contributed by atoms with van der Waals surface area (Å²) in [7, 11) is -4.22. The van der Waals surface area contributed by atoms with Gasteiger partial charge < -0.3 is 19.3 Å². The van der Waals surface area contributed by atoms with Crippen LogP contribution in [0.25, 0.3) is 6.08 Å². The highest BCUT2D eigenvalue weighted by Crippen LogP contribution is 2.39. The summed E-state index contributed by atoms with van der Waals surface area (Å²) in [5, 5.41) is 21.1. The van der Waals surface area contributed by atoms with Crippen molar-refractivity contribution in [2.45, 2.75) is 11.8 Å². The normalized spacial score (nSPS) is 11.3. The molecular formula is C25H19ClN2O7S. The Labute approximate surface area is 212 Å². The number of nitrogens with zero attached hydrogens (tertiary/aromatic N) is 1. The highest BCUT2D eigenvalue weighted by atomic mass is 35.5. The van der Waals surface area contributed by atoms with Crippen LogP contribution in [0.2, 0.25) is 5.02 Å². The number of carboxylic acid groups (broad SMARTS) is 1. The van der Waals surface area contributed by atoms with Crippen molar-refractivity contribution >= 4 is 45.4 Å². The first-order chi connectivity index (χ1) is 17.2. The molecule has 0 spiro atoms. The Morgan fingerprint density at radius 3 is 2.42 bits per heavy atom. The van der Waals surface area contributed by atoms with E-state index in [9.17, 15) is 28.4 Å². The van der Waals surface area contributed by atoms with Gasteiger partial charge in [0.1, 0.15) is 16.5 Å². The second-order valence-corrected chi connectivity index (χ2v) is 9.04. The van der Waals surface area contributed by atoms with Gasteiger partial charge in [0.2, 0.25) is 5.75 Å². The fourth-order valence-electron chi connectivity index (χ4n) is 3.04. The van der Waals surface area contributed by atoms with Crippen molar-refractivity contribution in [2.24, 2.45) is 0 Å². The lowest BCUT2D eigenvalue weighted by Gasteiger charge is -2.14. The van der Waals surface area contributed by atoms with Gasteiger partial charge in [-0.3, -0.25) is 4.79 Å². The van der Waals surface area contributed by atoms with Crippen molar-refractivity contribution in [3.8, 4) is 17.6 Å². The number of carboxylic acids is 1. The van der Waals surface area contributed by atoms with E-state index in [0.29, 0.717) is 0 Å². The van der Waals surface area contributed by atoms with E-state index in [1.165, 1.54) is 54.6 Å². The van der Waals surface area contributed by atoms with Crippen LogP contribution in [-0.4, -0.2) is 32.0 Å². The van der Waals surface area contributed by atoms with E-state index in [0.717, 1.165) is 0 Å². The Kier molecular flexibility index (Phi) is 8.32. The number of para-hydroxylation sites is 1. The van der Waals surface area contributed by atoms with E-state index in [1.807, 2.05) is 0 Å². The number of carbonyl (C=O) groups excluding carboxylic acids is 1. The number of anilines is 1. The number of carbonyl (C=O) groups is 2. The van der Waals surface area contributed by atoms with Gasteiger partial charge in [-0.15, -0.1) is 0 Å². The molecule has 0 radical (unpaired) electrons. The Morgan fingerprint density at radius 1 is 1.11 bits per heavy atom.